The summed E-state index contributed by atoms with van der Waals surface area (Å²) >= 11 is 0. The number of hydrogen-bond donors (Lipinski definition) is 2. The molecule has 0 saturated carbocycles. The van der Waals surface area contributed by atoms with Crippen molar-refractivity contribution in [1.82, 2.24) is 10.0 Å². The van der Waals surface area contributed by atoms with E-state index < -0.39 is 11.5 Å². The Labute approximate surface area is 74.6 Å². The maximum Gasteiger partial charge on any atom is 0.283 e. The summed E-state index contributed by atoms with van der Waals surface area (Å²) in [6, 6.07) is 3.95. The van der Waals surface area contributed by atoms with Gasteiger partial charge < -0.3 is 10.5 Å². The highest BCUT2D eigenvalue weighted by atomic mass is 16.5. The van der Waals surface area contributed by atoms with Crippen molar-refractivity contribution in [3.05, 3.63) is 34.2 Å². The summed E-state index contributed by atoms with van der Waals surface area (Å²) in [4.78, 5) is 22.1. The zero-order chi connectivity index (χ0) is 9.84. The Morgan fingerprint density at radius 2 is 2.31 bits per heavy atom. The normalized spacial score (nSPS) is 9.62. The van der Waals surface area contributed by atoms with Gasteiger partial charge in [-0.1, -0.05) is 6.07 Å². The molecule has 2 N–H and O–H groups in total. The van der Waals surface area contributed by atoms with Crippen LogP contribution in [-0.4, -0.2) is 22.4 Å². The van der Waals surface area contributed by atoms with E-state index in [1.807, 2.05) is 0 Å². The van der Waals surface area contributed by atoms with Crippen LogP contribution < -0.4 is 10.9 Å². The van der Waals surface area contributed by atoms with Crippen molar-refractivity contribution in [3.63, 3.8) is 0 Å². The molecule has 0 spiro atoms. The van der Waals surface area contributed by atoms with Crippen molar-refractivity contribution in [3.8, 4) is 0 Å². The van der Waals surface area contributed by atoms with Crippen LogP contribution in [0.4, 0.5) is 0 Å². The molecule has 0 aliphatic heterocycles. The second-order valence-electron chi connectivity index (χ2n) is 2.42. The first-order valence-electron chi connectivity index (χ1n) is 3.86. The molecule has 13 heavy (non-hydrogen) atoms. The molecule has 1 heterocycles. The van der Waals surface area contributed by atoms with E-state index >= 15 is 0 Å². The molecule has 5 nitrogen and oxygen atoms in total. The van der Waals surface area contributed by atoms with Gasteiger partial charge in [0.25, 0.3) is 11.5 Å². The summed E-state index contributed by atoms with van der Waals surface area (Å²) in [5.74, 6) is -0.470. The smallest absolute Gasteiger partial charge is 0.283 e. The Bertz CT molecular complexity index is 370. The fraction of sp³-hybridized carbons (Fsp3) is 0.250. The average Bonchev–Trinajstić information content (AvgIpc) is 2.10. The molecule has 0 aromatic carbocycles. The van der Waals surface area contributed by atoms with Crippen LogP contribution in [0.2, 0.25) is 0 Å². The molecule has 0 fully saturated rings. The first-order valence-corrected chi connectivity index (χ1v) is 3.86. The van der Waals surface area contributed by atoms with Gasteiger partial charge in [0.05, 0.1) is 0 Å². The highest BCUT2D eigenvalue weighted by Gasteiger charge is 2.09. The SMILES string of the molecule is CCNC(=O)c1cccc(=O)n1O. The fourth-order valence-electron chi connectivity index (χ4n) is 0.904. The molecular formula is C8H10N2O3. The first kappa shape index (κ1) is 9.31. The Morgan fingerprint density at radius 1 is 1.62 bits per heavy atom. The van der Waals surface area contributed by atoms with Gasteiger partial charge in [0, 0.05) is 12.6 Å². The summed E-state index contributed by atoms with van der Waals surface area (Å²) < 4.78 is 0.324. The Morgan fingerprint density at radius 3 is 2.92 bits per heavy atom. The average molecular weight is 182 g/mol. The molecule has 70 valence electrons. The fourth-order valence-corrected chi connectivity index (χ4v) is 0.904. The second-order valence-corrected chi connectivity index (χ2v) is 2.42. The molecule has 0 saturated heterocycles. The van der Waals surface area contributed by atoms with Gasteiger partial charge in [0.15, 0.2) is 0 Å². The molecule has 0 radical (unpaired) electrons. The van der Waals surface area contributed by atoms with Gasteiger partial charge in [-0.05, 0) is 13.0 Å². The van der Waals surface area contributed by atoms with E-state index in [4.69, 9.17) is 5.21 Å². The minimum absolute atomic E-state index is 0.0608. The quantitative estimate of drug-likeness (QED) is 0.624. The van der Waals surface area contributed by atoms with E-state index in [9.17, 15) is 9.59 Å². The van der Waals surface area contributed by atoms with E-state index in [-0.39, 0.29) is 5.69 Å². The number of pyridine rings is 1. The number of amides is 1. The molecule has 1 rings (SSSR count). The Balaban J connectivity index is 3.08. The van der Waals surface area contributed by atoms with Crippen LogP contribution in [0.3, 0.4) is 0 Å². The van der Waals surface area contributed by atoms with Gasteiger partial charge in [-0.2, -0.15) is 0 Å². The van der Waals surface area contributed by atoms with Gasteiger partial charge in [0.1, 0.15) is 5.69 Å². The van der Waals surface area contributed by atoms with Crippen LogP contribution in [0.5, 0.6) is 0 Å². The molecule has 0 aliphatic rings. The van der Waals surface area contributed by atoms with Crippen molar-refractivity contribution in [2.75, 3.05) is 6.54 Å². The van der Waals surface area contributed by atoms with E-state index in [0.717, 1.165) is 0 Å². The lowest BCUT2D eigenvalue weighted by Gasteiger charge is -2.04. The molecule has 0 bridgehead atoms. The number of carbonyl (C=O) groups excluding carboxylic acids is 1. The summed E-state index contributed by atoms with van der Waals surface area (Å²) in [6.45, 7) is 2.20. The highest BCUT2D eigenvalue weighted by molar-refractivity contribution is 5.92. The summed E-state index contributed by atoms with van der Waals surface area (Å²) in [5, 5.41) is 11.6. The molecule has 1 amide bonds. The standard InChI is InChI=1S/C8H10N2O3/c1-2-9-8(12)6-4-3-5-7(11)10(6)13/h3-5,13H,2H2,1H3,(H,9,12). The number of nitrogens with zero attached hydrogens (tertiary/aromatic N) is 1. The summed E-state index contributed by atoms with van der Waals surface area (Å²) in [6.07, 6.45) is 0. The number of carbonyl (C=O) groups is 1. The van der Waals surface area contributed by atoms with Crippen LogP contribution >= 0.6 is 0 Å². The van der Waals surface area contributed by atoms with Gasteiger partial charge in [0.2, 0.25) is 0 Å². The van der Waals surface area contributed by atoms with Gasteiger partial charge in [-0.15, -0.1) is 4.73 Å². The monoisotopic (exact) mass is 182 g/mol. The zero-order valence-electron chi connectivity index (χ0n) is 7.15. The van der Waals surface area contributed by atoms with Crippen molar-refractivity contribution in [1.29, 1.82) is 0 Å². The summed E-state index contributed by atoms with van der Waals surface area (Å²) in [5.41, 5.74) is -0.682. The Hall–Kier alpha value is -1.78. The summed E-state index contributed by atoms with van der Waals surface area (Å²) in [7, 11) is 0. The van der Waals surface area contributed by atoms with Crippen LogP contribution in [0.1, 0.15) is 17.4 Å². The van der Waals surface area contributed by atoms with Gasteiger partial charge in [-0.25, -0.2) is 0 Å². The topological polar surface area (TPSA) is 71.3 Å². The largest absolute Gasteiger partial charge is 0.425 e. The third kappa shape index (κ3) is 1.87. The number of hydrogen-bond acceptors (Lipinski definition) is 3. The third-order valence-corrected chi connectivity index (χ3v) is 1.50. The minimum Gasteiger partial charge on any atom is -0.425 e. The number of nitrogens with one attached hydrogen (secondary N) is 1. The van der Waals surface area contributed by atoms with Crippen LogP contribution in [0, 0.1) is 0 Å². The van der Waals surface area contributed by atoms with Crippen molar-refractivity contribution < 1.29 is 10.0 Å². The molecule has 0 aliphatic carbocycles. The van der Waals surface area contributed by atoms with Crippen molar-refractivity contribution >= 4 is 5.91 Å². The molecule has 1 aromatic heterocycles. The first-order chi connectivity index (χ1) is 6.16. The lowest BCUT2D eigenvalue weighted by Crippen LogP contribution is -2.30. The van der Waals surface area contributed by atoms with Crippen molar-refractivity contribution in [2.45, 2.75) is 6.92 Å². The molecular weight excluding hydrogens is 172 g/mol. The van der Waals surface area contributed by atoms with Gasteiger partial charge >= 0.3 is 0 Å². The second kappa shape index (κ2) is 3.75. The maximum atomic E-state index is 11.2. The highest BCUT2D eigenvalue weighted by Crippen LogP contribution is 1.92. The lowest BCUT2D eigenvalue weighted by molar-refractivity contribution is 0.0894. The Kier molecular flexibility index (Phi) is 2.69. The molecule has 0 atom stereocenters. The maximum absolute atomic E-state index is 11.2. The van der Waals surface area contributed by atoms with E-state index in [0.29, 0.717) is 11.3 Å². The number of rotatable bonds is 2. The molecule has 0 unspecified atom stereocenters. The predicted octanol–water partition coefficient (Wildman–Crippen LogP) is -0.165. The number of aromatic nitrogens is 1. The van der Waals surface area contributed by atoms with E-state index in [2.05, 4.69) is 5.32 Å². The minimum atomic E-state index is -0.622. The van der Waals surface area contributed by atoms with Gasteiger partial charge in [-0.3, -0.25) is 9.59 Å². The zero-order valence-corrected chi connectivity index (χ0v) is 7.15. The van der Waals surface area contributed by atoms with E-state index in [1.165, 1.54) is 18.2 Å². The van der Waals surface area contributed by atoms with Crippen LogP contribution in [0.25, 0.3) is 0 Å². The lowest BCUT2D eigenvalue weighted by atomic mass is 10.3. The van der Waals surface area contributed by atoms with Crippen LogP contribution in [-0.2, 0) is 0 Å². The van der Waals surface area contributed by atoms with E-state index in [1.54, 1.807) is 6.92 Å². The molecule has 5 heteroatoms. The van der Waals surface area contributed by atoms with Crippen molar-refractivity contribution in [2.24, 2.45) is 0 Å². The predicted molar refractivity (Wildman–Crippen MR) is 45.9 cm³/mol. The molecule has 1 aromatic rings. The third-order valence-electron chi connectivity index (χ3n) is 1.50. The van der Waals surface area contributed by atoms with Crippen LogP contribution in [0.15, 0.2) is 23.0 Å².